The summed E-state index contributed by atoms with van der Waals surface area (Å²) in [7, 11) is 3.90. The minimum Gasteiger partial charge on any atom is -0.378 e. The molecule has 3 N–H and O–H groups in total. The Balaban J connectivity index is 1.38. The SMILES string of the molecule is Cc1ccc(NC(=O)C(Sc2cccc(NC(=O)/C(=C\c3ccc(N(C)C)cc3)NC(=O)c3ccccc3)c2)c2ccccc2)cc1Cl. The van der Waals surface area contributed by atoms with E-state index >= 15 is 0 Å². The van der Waals surface area contributed by atoms with Crippen LogP contribution in [0.15, 0.2) is 138 Å². The van der Waals surface area contributed by atoms with E-state index in [-0.39, 0.29) is 11.6 Å². The van der Waals surface area contributed by atoms with Crippen molar-refractivity contribution in [1.29, 1.82) is 0 Å². The molecule has 0 aliphatic carbocycles. The monoisotopic (exact) mass is 674 g/mol. The molecule has 0 aromatic heterocycles. The van der Waals surface area contributed by atoms with E-state index in [0.717, 1.165) is 27.3 Å². The quantitative estimate of drug-likeness (QED) is 0.0965. The average Bonchev–Trinajstić information content (AvgIpc) is 3.09. The fourth-order valence-corrected chi connectivity index (χ4v) is 6.00. The highest BCUT2D eigenvalue weighted by molar-refractivity contribution is 8.00. The van der Waals surface area contributed by atoms with E-state index in [0.29, 0.717) is 22.0 Å². The number of aryl methyl sites for hydroxylation is 1. The van der Waals surface area contributed by atoms with Crippen LogP contribution in [0.2, 0.25) is 5.02 Å². The summed E-state index contributed by atoms with van der Waals surface area (Å²) in [5.41, 5.74) is 5.11. The molecule has 0 bridgehead atoms. The highest BCUT2D eigenvalue weighted by Crippen LogP contribution is 2.37. The zero-order valence-electron chi connectivity index (χ0n) is 26.7. The molecule has 9 heteroatoms. The Bertz CT molecular complexity index is 1930. The van der Waals surface area contributed by atoms with Crippen LogP contribution in [0, 0.1) is 6.92 Å². The van der Waals surface area contributed by atoms with Crippen molar-refractivity contribution in [2.45, 2.75) is 17.1 Å². The lowest BCUT2D eigenvalue weighted by molar-refractivity contribution is -0.116. The van der Waals surface area contributed by atoms with Crippen molar-refractivity contribution in [3.8, 4) is 0 Å². The number of anilines is 3. The van der Waals surface area contributed by atoms with Gasteiger partial charge in [0.15, 0.2) is 0 Å². The Morgan fingerprint density at radius 3 is 2.08 bits per heavy atom. The van der Waals surface area contributed by atoms with Gasteiger partial charge in [-0.25, -0.2) is 0 Å². The second-order valence-corrected chi connectivity index (χ2v) is 12.8. The van der Waals surface area contributed by atoms with E-state index in [9.17, 15) is 14.4 Å². The van der Waals surface area contributed by atoms with E-state index in [1.807, 2.05) is 111 Å². The van der Waals surface area contributed by atoms with Crippen molar-refractivity contribution < 1.29 is 14.4 Å². The largest absolute Gasteiger partial charge is 0.378 e. The van der Waals surface area contributed by atoms with Gasteiger partial charge in [-0.3, -0.25) is 14.4 Å². The third kappa shape index (κ3) is 9.15. The predicted molar refractivity (Wildman–Crippen MR) is 198 cm³/mol. The molecule has 0 aliphatic heterocycles. The van der Waals surface area contributed by atoms with Gasteiger partial charge < -0.3 is 20.9 Å². The van der Waals surface area contributed by atoms with E-state index in [2.05, 4.69) is 16.0 Å². The number of thioether (sulfide) groups is 1. The van der Waals surface area contributed by atoms with Gasteiger partial charge in [0.1, 0.15) is 10.9 Å². The highest BCUT2D eigenvalue weighted by Gasteiger charge is 2.23. The molecule has 5 aromatic carbocycles. The number of halogens is 1. The maximum absolute atomic E-state index is 13.7. The molecule has 0 saturated heterocycles. The fourth-order valence-electron chi connectivity index (χ4n) is 4.74. The molecule has 0 aliphatic rings. The topological polar surface area (TPSA) is 90.5 Å². The molecule has 1 unspecified atom stereocenters. The Morgan fingerprint density at radius 1 is 0.750 bits per heavy atom. The summed E-state index contributed by atoms with van der Waals surface area (Å²) in [6.07, 6.45) is 1.64. The normalized spacial score (nSPS) is 11.7. The smallest absolute Gasteiger partial charge is 0.272 e. The van der Waals surface area contributed by atoms with Crippen LogP contribution in [-0.2, 0) is 9.59 Å². The number of carbonyl (C=O) groups is 3. The first-order chi connectivity index (χ1) is 23.2. The molecule has 242 valence electrons. The zero-order valence-corrected chi connectivity index (χ0v) is 28.3. The molecule has 48 heavy (non-hydrogen) atoms. The maximum atomic E-state index is 13.7. The zero-order chi connectivity index (χ0) is 34.0. The van der Waals surface area contributed by atoms with Crippen LogP contribution < -0.4 is 20.9 Å². The molecule has 0 radical (unpaired) electrons. The number of hydrogen-bond donors (Lipinski definition) is 3. The van der Waals surface area contributed by atoms with Crippen molar-refractivity contribution in [2.24, 2.45) is 0 Å². The molecular formula is C39H35ClN4O3S. The first-order valence-electron chi connectivity index (χ1n) is 15.2. The van der Waals surface area contributed by atoms with E-state index in [1.165, 1.54) is 11.8 Å². The van der Waals surface area contributed by atoms with Gasteiger partial charge in [-0.15, -0.1) is 11.8 Å². The van der Waals surface area contributed by atoms with Crippen LogP contribution in [0.1, 0.15) is 32.3 Å². The molecule has 7 nitrogen and oxygen atoms in total. The van der Waals surface area contributed by atoms with Crippen molar-refractivity contribution in [2.75, 3.05) is 29.6 Å². The number of hydrogen-bond acceptors (Lipinski definition) is 5. The van der Waals surface area contributed by atoms with Gasteiger partial charge in [-0.2, -0.15) is 0 Å². The standard InChI is InChI=1S/C39H35ClN4O3S/c1-26-17-20-31(25-34(26)40)42-39(47)36(28-11-6-4-7-12-28)48-33-16-10-15-30(24-33)41-38(46)35(43-37(45)29-13-8-5-9-14-29)23-27-18-21-32(22-19-27)44(2)3/h4-25,36H,1-3H3,(H,41,46)(H,42,47)(H,43,45)/b35-23+. The summed E-state index contributed by atoms with van der Waals surface area (Å²) in [5, 5.41) is 8.67. The number of carbonyl (C=O) groups excluding carboxylic acids is 3. The number of nitrogens with zero attached hydrogens (tertiary/aromatic N) is 1. The van der Waals surface area contributed by atoms with Crippen molar-refractivity contribution in [1.82, 2.24) is 5.32 Å². The summed E-state index contributed by atoms with van der Waals surface area (Å²) in [6.45, 7) is 1.90. The van der Waals surface area contributed by atoms with E-state index in [1.54, 1.807) is 48.5 Å². The Morgan fingerprint density at radius 2 is 1.42 bits per heavy atom. The molecule has 0 fully saturated rings. The average molecular weight is 675 g/mol. The lowest BCUT2D eigenvalue weighted by Gasteiger charge is -2.18. The van der Waals surface area contributed by atoms with Gasteiger partial charge >= 0.3 is 0 Å². The van der Waals surface area contributed by atoms with Gasteiger partial charge in [0.05, 0.1) is 0 Å². The van der Waals surface area contributed by atoms with Crippen molar-refractivity contribution >= 4 is 64.2 Å². The van der Waals surface area contributed by atoms with Crippen molar-refractivity contribution in [3.63, 3.8) is 0 Å². The third-order valence-corrected chi connectivity index (χ3v) is 9.03. The second-order valence-electron chi connectivity index (χ2n) is 11.2. The van der Waals surface area contributed by atoms with Gasteiger partial charge in [-0.1, -0.05) is 84.4 Å². The van der Waals surface area contributed by atoms with Gasteiger partial charge in [-0.05, 0) is 84.3 Å². The van der Waals surface area contributed by atoms with Crippen LogP contribution in [0.25, 0.3) is 6.08 Å². The Kier molecular flexibility index (Phi) is 11.3. The predicted octanol–water partition coefficient (Wildman–Crippen LogP) is 8.60. The minimum absolute atomic E-state index is 0.0813. The number of rotatable bonds is 11. The molecule has 1 atom stereocenters. The second kappa shape index (κ2) is 16.0. The van der Waals surface area contributed by atoms with E-state index < -0.39 is 17.1 Å². The molecule has 0 saturated carbocycles. The van der Waals surface area contributed by atoms with Gasteiger partial charge in [0, 0.05) is 46.6 Å². The van der Waals surface area contributed by atoms with Crippen LogP contribution in [0.3, 0.4) is 0 Å². The number of nitrogens with one attached hydrogen (secondary N) is 3. The Hall–Kier alpha value is -5.31. The summed E-state index contributed by atoms with van der Waals surface area (Å²) >= 11 is 7.66. The van der Waals surface area contributed by atoms with Gasteiger partial charge in [0.25, 0.3) is 11.8 Å². The summed E-state index contributed by atoms with van der Waals surface area (Å²) in [4.78, 5) is 43.2. The first kappa shape index (κ1) is 34.0. The lowest BCUT2D eigenvalue weighted by Crippen LogP contribution is -2.30. The number of amides is 3. The summed E-state index contributed by atoms with van der Waals surface area (Å²) in [5.74, 6) is -1.11. The van der Waals surface area contributed by atoms with Crippen LogP contribution >= 0.6 is 23.4 Å². The molecule has 3 amide bonds. The summed E-state index contributed by atoms with van der Waals surface area (Å²) in [6, 6.07) is 38.5. The highest BCUT2D eigenvalue weighted by atomic mass is 35.5. The summed E-state index contributed by atoms with van der Waals surface area (Å²) < 4.78 is 0. The van der Waals surface area contributed by atoms with Crippen LogP contribution in [0.4, 0.5) is 17.1 Å². The van der Waals surface area contributed by atoms with Gasteiger partial charge in [0.2, 0.25) is 5.91 Å². The van der Waals surface area contributed by atoms with E-state index in [4.69, 9.17) is 11.6 Å². The molecule has 0 heterocycles. The molecule has 0 spiro atoms. The van der Waals surface area contributed by atoms with Crippen LogP contribution in [-0.4, -0.2) is 31.8 Å². The minimum atomic E-state index is -0.594. The van der Waals surface area contributed by atoms with Crippen LogP contribution in [0.5, 0.6) is 0 Å². The first-order valence-corrected chi connectivity index (χ1v) is 16.5. The molecule has 5 aromatic rings. The third-order valence-electron chi connectivity index (χ3n) is 7.37. The fraction of sp³-hybridized carbons (Fsp3) is 0.103. The maximum Gasteiger partial charge on any atom is 0.272 e. The molecule has 5 rings (SSSR count). The lowest BCUT2D eigenvalue weighted by atomic mass is 10.1. The number of benzene rings is 5. The molecular weight excluding hydrogens is 640 g/mol. The Labute approximate surface area is 290 Å². The van der Waals surface area contributed by atoms with Crippen molar-refractivity contribution in [3.05, 3.63) is 160 Å².